The molecule has 4 heteroatoms. The van der Waals surface area contributed by atoms with Crippen molar-refractivity contribution in [1.29, 1.82) is 5.26 Å². The predicted octanol–water partition coefficient (Wildman–Crippen LogP) is 3.81. The SMILES string of the molecule is Cc1ccc(NC(=O)Cc2ccc(C#N)cc2)cc1Br. The van der Waals surface area contributed by atoms with Crippen LogP contribution in [0.2, 0.25) is 0 Å². The lowest BCUT2D eigenvalue weighted by Crippen LogP contribution is -2.14. The molecule has 0 heterocycles. The van der Waals surface area contributed by atoms with Gasteiger partial charge in [-0.2, -0.15) is 5.26 Å². The number of carbonyl (C=O) groups is 1. The van der Waals surface area contributed by atoms with Gasteiger partial charge in [0.05, 0.1) is 18.1 Å². The molecule has 0 saturated heterocycles. The molecule has 0 saturated carbocycles. The summed E-state index contributed by atoms with van der Waals surface area (Å²) in [6.45, 7) is 1.99. The molecule has 0 aliphatic carbocycles. The zero-order chi connectivity index (χ0) is 14.5. The minimum atomic E-state index is -0.0783. The monoisotopic (exact) mass is 328 g/mol. The van der Waals surface area contributed by atoms with Gasteiger partial charge in [-0.1, -0.05) is 34.1 Å². The Labute approximate surface area is 126 Å². The lowest BCUT2D eigenvalue weighted by Gasteiger charge is -2.07. The molecule has 20 heavy (non-hydrogen) atoms. The molecule has 2 aromatic rings. The molecule has 0 aliphatic rings. The Morgan fingerprint density at radius 2 is 1.95 bits per heavy atom. The van der Waals surface area contributed by atoms with E-state index >= 15 is 0 Å². The zero-order valence-corrected chi connectivity index (χ0v) is 12.6. The van der Waals surface area contributed by atoms with Crippen molar-refractivity contribution < 1.29 is 4.79 Å². The number of hydrogen-bond acceptors (Lipinski definition) is 2. The van der Waals surface area contributed by atoms with Crippen LogP contribution in [0.15, 0.2) is 46.9 Å². The molecule has 2 rings (SSSR count). The Kier molecular flexibility index (Phi) is 4.54. The van der Waals surface area contributed by atoms with Crippen molar-refractivity contribution in [2.45, 2.75) is 13.3 Å². The number of aryl methyl sites for hydroxylation is 1. The molecule has 0 radical (unpaired) electrons. The number of nitrogens with one attached hydrogen (secondary N) is 1. The van der Waals surface area contributed by atoms with Crippen LogP contribution >= 0.6 is 15.9 Å². The third kappa shape index (κ3) is 3.69. The van der Waals surface area contributed by atoms with E-state index in [1.807, 2.05) is 25.1 Å². The van der Waals surface area contributed by atoms with E-state index in [0.29, 0.717) is 5.56 Å². The van der Waals surface area contributed by atoms with Crippen LogP contribution in [0.25, 0.3) is 0 Å². The van der Waals surface area contributed by atoms with Gasteiger partial charge < -0.3 is 5.32 Å². The minimum absolute atomic E-state index is 0.0783. The number of hydrogen-bond donors (Lipinski definition) is 1. The summed E-state index contributed by atoms with van der Waals surface area (Å²) in [5.74, 6) is -0.0783. The maximum atomic E-state index is 11.9. The average Bonchev–Trinajstić information content (AvgIpc) is 2.44. The molecule has 0 atom stereocenters. The van der Waals surface area contributed by atoms with Gasteiger partial charge in [-0.05, 0) is 42.3 Å². The fourth-order valence-corrected chi connectivity index (χ4v) is 2.14. The highest BCUT2D eigenvalue weighted by molar-refractivity contribution is 9.10. The Balaban J connectivity index is 2.01. The Morgan fingerprint density at radius 3 is 2.55 bits per heavy atom. The number of benzene rings is 2. The lowest BCUT2D eigenvalue weighted by atomic mass is 10.1. The second-order valence-electron chi connectivity index (χ2n) is 4.50. The number of nitriles is 1. The van der Waals surface area contributed by atoms with Gasteiger partial charge in [0.1, 0.15) is 0 Å². The van der Waals surface area contributed by atoms with Crippen LogP contribution < -0.4 is 5.32 Å². The van der Waals surface area contributed by atoms with Crippen LogP contribution in [0.5, 0.6) is 0 Å². The molecule has 1 amide bonds. The second kappa shape index (κ2) is 6.36. The standard InChI is InChI=1S/C16H13BrN2O/c1-11-2-7-14(9-15(11)17)19-16(20)8-12-3-5-13(10-18)6-4-12/h2-7,9H,8H2,1H3,(H,19,20). The fourth-order valence-electron chi connectivity index (χ4n) is 1.76. The summed E-state index contributed by atoms with van der Waals surface area (Å²) in [4.78, 5) is 11.9. The van der Waals surface area contributed by atoms with Crippen molar-refractivity contribution in [2.75, 3.05) is 5.32 Å². The van der Waals surface area contributed by atoms with Gasteiger partial charge in [0.25, 0.3) is 0 Å². The number of amides is 1. The normalized spacial score (nSPS) is 9.85. The van der Waals surface area contributed by atoms with Gasteiger partial charge in [-0.15, -0.1) is 0 Å². The summed E-state index contributed by atoms with van der Waals surface area (Å²) in [6.07, 6.45) is 0.289. The molecule has 0 aromatic heterocycles. The molecule has 0 fully saturated rings. The van der Waals surface area contributed by atoms with Gasteiger partial charge >= 0.3 is 0 Å². The summed E-state index contributed by atoms with van der Waals surface area (Å²) in [5, 5.41) is 11.6. The van der Waals surface area contributed by atoms with Gasteiger partial charge in [0.15, 0.2) is 0 Å². The van der Waals surface area contributed by atoms with Crippen LogP contribution in [-0.2, 0) is 11.2 Å². The molecule has 100 valence electrons. The molecular weight excluding hydrogens is 316 g/mol. The van der Waals surface area contributed by atoms with Crippen molar-refractivity contribution in [1.82, 2.24) is 0 Å². The van der Waals surface area contributed by atoms with Crippen molar-refractivity contribution in [2.24, 2.45) is 0 Å². The maximum absolute atomic E-state index is 11.9. The Morgan fingerprint density at radius 1 is 1.25 bits per heavy atom. The summed E-state index contributed by atoms with van der Waals surface area (Å²) in [6, 6.07) is 14.8. The lowest BCUT2D eigenvalue weighted by molar-refractivity contribution is -0.115. The molecular formula is C16H13BrN2O. The fraction of sp³-hybridized carbons (Fsp3) is 0.125. The highest BCUT2D eigenvalue weighted by atomic mass is 79.9. The van der Waals surface area contributed by atoms with Crippen molar-refractivity contribution in [3.8, 4) is 6.07 Å². The molecule has 0 aliphatic heterocycles. The van der Waals surface area contributed by atoms with Crippen LogP contribution in [0, 0.1) is 18.3 Å². The van der Waals surface area contributed by atoms with Crippen molar-refractivity contribution in [3.63, 3.8) is 0 Å². The smallest absolute Gasteiger partial charge is 0.228 e. The van der Waals surface area contributed by atoms with E-state index in [1.165, 1.54) is 0 Å². The molecule has 0 spiro atoms. The topological polar surface area (TPSA) is 52.9 Å². The Bertz CT molecular complexity index is 672. The van der Waals surface area contributed by atoms with Crippen LogP contribution in [0.4, 0.5) is 5.69 Å². The quantitative estimate of drug-likeness (QED) is 0.931. The minimum Gasteiger partial charge on any atom is -0.326 e. The van der Waals surface area contributed by atoms with E-state index in [4.69, 9.17) is 5.26 Å². The first-order chi connectivity index (χ1) is 9.58. The van der Waals surface area contributed by atoms with Crippen LogP contribution in [0.3, 0.4) is 0 Å². The third-order valence-corrected chi connectivity index (χ3v) is 3.76. The van der Waals surface area contributed by atoms with Gasteiger partial charge in [0, 0.05) is 10.2 Å². The Hall–Kier alpha value is -2.12. The van der Waals surface area contributed by atoms with E-state index in [9.17, 15) is 4.79 Å². The molecule has 3 nitrogen and oxygen atoms in total. The summed E-state index contributed by atoms with van der Waals surface area (Å²) < 4.78 is 0.966. The first kappa shape index (κ1) is 14.3. The maximum Gasteiger partial charge on any atom is 0.228 e. The number of halogens is 1. The molecule has 1 N–H and O–H groups in total. The summed E-state index contributed by atoms with van der Waals surface area (Å²) in [7, 11) is 0. The first-order valence-corrected chi connectivity index (χ1v) is 6.93. The van der Waals surface area contributed by atoms with E-state index in [-0.39, 0.29) is 12.3 Å². The number of anilines is 1. The number of rotatable bonds is 3. The molecule has 2 aromatic carbocycles. The molecule has 0 bridgehead atoms. The van der Waals surface area contributed by atoms with Crippen LogP contribution in [0.1, 0.15) is 16.7 Å². The van der Waals surface area contributed by atoms with Crippen LogP contribution in [-0.4, -0.2) is 5.91 Å². The summed E-state index contributed by atoms with van der Waals surface area (Å²) >= 11 is 3.44. The van der Waals surface area contributed by atoms with Crippen molar-refractivity contribution >= 4 is 27.5 Å². The van der Waals surface area contributed by atoms with E-state index in [2.05, 4.69) is 27.3 Å². The van der Waals surface area contributed by atoms with Gasteiger partial charge in [0.2, 0.25) is 5.91 Å². The predicted molar refractivity (Wildman–Crippen MR) is 82.4 cm³/mol. The highest BCUT2D eigenvalue weighted by Crippen LogP contribution is 2.20. The largest absolute Gasteiger partial charge is 0.326 e. The number of nitrogens with zero attached hydrogens (tertiary/aromatic N) is 1. The second-order valence-corrected chi connectivity index (χ2v) is 5.35. The zero-order valence-electron chi connectivity index (χ0n) is 11.0. The third-order valence-electron chi connectivity index (χ3n) is 2.90. The average molecular weight is 329 g/mol. The van der Waals surface area contributed by atoms with Gasteiger partial charge in [-0.25, -0.2) is 0 Å². The summed E-state index contributed by atoms with van der Waals surface area (Å²) in [5.41, 5.74) is 3.36. The van der Waals surface area contributed by atoms with Crippen molar-refractivity contribution in [3.05, 3.63) is 63.6 Å². The first-order valence-electron chi connectivity index (χ1n) is 6.13. The van der Waals surface area contributed by atoms with E-state index in [0.717, 1.165) is 21.3 Å². The molecule has 0 unspecified atom stereocenters. The highest BCUT2D eigenvalue weighted by Gasteiger charge is 2.05. The van der Waals surface area contributed by atoms with Gasteiger partial charge in [-0.3, -0.25) is 4.79 Å². The van der Waals surface area contributed by atoms with E-state index in [1.54, 1.807) is 24.3 Å². The van der Waals surface area contributed by atoms with E-state index < -0.39 is 0 Å². The number of carbonyl (C=O) groups excluding carboxylic acids is 1.